The number of hydrogen-bond donors (Lipinski definition) is 2. The van der Waals surface area contributed by atoms with Gasteiger partial charge < -0.3 is 10.1 Å². The Labute approximate surface area is 131 Å². The molecule has 0 unspecified atom stereocenters. The first kappa shape index (κ1) is 14.1. The molecule has 5 nitrogen and oxygen atoms in total. The number of rotatable bonds is 6. The van der Waals surface area contributed by atoms with Crippen molar-refractivity contribution < 1.29 is 9.53 Å². The highest BCUT2D eigenvalue weighted by atomic mass is 79.9. The Kier molecular flexibility index (Phi) is 4.24. The minimum atomic E-state index is -0.193. The van der Waals surface area contributed by atoms with E-state index in [0.717, 1.165) is 28.8 Å². The molecule has 0 bridgehead atoms. The van der Waals surface area contributed by atoms with Gasteiger partial charge in [0, 0.05) is 5.92 Å². The molecule has 0 radical (unpaired) electrons. The molecular weight excluding hydrogens is 334 g/mol. The number of amides is 1. The summed E-state index contributed by atoms with van der Waals surface area (Å²) in [5.41, 5.74) is 1.44. The summed E-state index contributed by atoms with van der Waals surface area (Å²) in [7, 11) is 0. The van der Waals surface area contributed by atoms with Crippen molar-refractivity contribution in [2.75, 3.05) is 13.2 Å². The van der Waals surface area contributed by atoms with Crippen LogP contribution in [0.4, 0.5) is 0 Å². The number of carbonyl (C=O) groups is 1. The van der Waals surface area contributed by atoms with E-state index >= 15 is 0 Å². The largest absolute Gasteiger partial charge is 0.492 e. The van der Waals surface area contributed by atoms with Crippen LogP contribution in [0.15, 0.2) is 34.8 Å². The number of halogens is 1. The third-order valence-electron chi connectivity index (χ3n) is 3.33. The highest BCUT2D eigenvalue weighted by Crippen LogP contribution is 2.42. The van der Waals surface area contributed by atoms with Crippen LogP contribution in [0.5, 0.6) is 5.75 Å². The molecule has 0 saturated heterocycles. The standard InChI is InChI=1S/C15H16BrN3O2/c16-12-13(10-6-7-10)18-19-14(12)15(20)17-8-9-21-11-4-2-1-3-5-11/h1-5,10H,6-9H2,(H,17,20)(H,18,19). The second-order valence-corrected chi connectivity index (χ2v) is 5.78. The van der Waals surface area contributed by atoms with E-state index in [1.807, 2.05) is 30.3 Å². The molecule has 1 amide bonds. The van der Waals surface area contributed by atoms with Crippen LogP contribution in [0.2, 0.25) is 0 Å². The third-order valence-corrected chi connectivity index (χ3v) is 4.14. The van der Waals surface area contributed by atoms with Crippen molar-refractivity contribution in [3.63, 3.8) is 0 Å². The molecule has 1 saturated carbocycles. The lowest BCUT2D eigenvalue weighted by Gasteiger charge is -2.06. The average Bonchev–Trinajstić information content (AvgIpc) is 3.27. The molecule has 2 N–H and O–H groups in total. The minimum absolute atomic E-state index is 0.193. The van der Waals surface area contributed by atoms with Gasteiger partial charge in [-0.1, -0.05) is 18.2 Å². The van der Waals surface area contributed by atoms with Crippen molar-refractivity contribution in [2.24, 2.45) is 0 Å². The fraction of sp³-hybridized carbons (Fsp3) is 0.333. The first-order valence-corrected chi connectivity index (χ1v) is 7.75. The van der Waals surface area contributed by atoms with E-state index in [4.69, 9.17) is 4.74 Å². The van der Waals surface area contributed by atoms with Gasteiger partial charge in [0.15, 0.2) is 5.69 Å². The molecule has 1 aromatic heterocycles. The summed E-state index contributed by atoms with van der Waals surface area (Å²) in [6.07, 6.45) is 2.32. The van der Waals surface area contributed by atoms with Gasteiger partial charge in [-0.2, -0.15) is 5.10 Å². The van der Waals surface area contributed by atoms with E-state index < -0.39 is 0 Å². The molecule has 1 heterocycles. The maximum absolute atomic E-state index is 12.1. The summed E-state index contributed by atoms with van der Waals surface area (Å²) < 4.78 is 6.31. The molecular formula is C15H16BrN3O2. The number of H-pyrrole nitrogens is 1. The molecule has 0 spiro atoms. The Bertz CT molecular complexity index is 623. The number of carbonyl (C=O) groups excluding carboxylic acids is 1. The van der Waals surface area contributed by atoms with Crippen molar-refractivity contribution in [3.05, 3.63) is 46.2 Å². The highest BCUT2D eigenvalue weighted by molar-refractivity contribution is 9.10. The average molecular weight is 350 g/mol. The Hall–Kier alpha value is -1.82. The molecule has 1 aliphatic rings. The van der Waals surface area contributed by atoms with Crippen molar-refractivity contribution >= 4 is 21.8 Å². The van der Waals surface area contributed by atoms with Crippen LogP contribution in [-0.4, -0.2) is 29.3 Å². The summed E-state index contributed by atoms with van der Waals surface area (Å²) in [5.74, 6) is 1.13. The Morgan fingerprint density at radius 2 is 2.14 bits per heavy atom. The number of hydrogen-bond acceptors (Lipinski definition) is 3. The molecule has 110 valence electrons. The number of nitrogens with one attached hydrogen (secondary N) is 2. The monoisotopic (exact) mass is 349 g/mol. The molecule has 0 aliphatic heterocycles. The zero-order valence-electron chi connectivity index (χ0n) is 11.4. The van der Waals surface area contributed by atoms with Crippen LogP contribution < -0.4 is 10.1 Å². The molecule has 0 atom stereocenters. The van der Waals surface area contributed by atoms with Crippen molar-refractivity contribution in [2.45, 2.75) is 18.8 Å². The lowest BCUT2D eigenvalue weighted by Crippen LogP contribution is -2.28. The van der Waals surface area contributed by atoms with Crippen LogP contribution >= 0.6 is 15.9 Å². The van der Waals surface area contributed by atoms with E-state index in [-0.39, 0.29) is 5.91 Å². The van der Waals surface area contributed by atoms with Crippen LogP contribution in [-0.2, 0) is 0 Å². The molecule has 6 heteroatoms. The summed E-state index contributed by atoms with van der Waals surface area (Å²) in [6.45, 7) is 0.860. The highest BCUT2D eigenvalue weighted by Gasteiger charge is 2.30. The quantitative estimate of drug-likeness (QED) is 0.788. The summed E-state index contributed by atoms with van der Waals surface area (Å²) in [5, 5.41) is 9.84. The third kappa shape index (κ3) is 3.44. The second-order valence-electron chi connectivity index (χ2n) is 4.99. The van der Waals surface area contributed by atoms with Gasteiger partial charge in [0.1, 0.15) is 12.4 Å². The second kappa shape index (κ2) is 6.30. The van der Waals surface area contributed by atoms with Gasteiger partial charge in [-0.05, 0) is 40.9 Å². The van der Waals surface area contributed by atoms with E-state index in [2.05, 4.69) is 31.4 Å². The van der Waals surface area contributed by atoms with Crippen LogP contribution in [0.3, 0.4) is 0 Å². The van der Waals surface area contributed by atoms with Crippen LogP contribution in [0, 0.1) is 0 Å². The van der Waals surface area contributed by atoms with Crippen molar-refractivity contribution in [1.29, 1.82) is 0 Å². The van der Waals surface area contributed by atoms with Gasteiger partial charge >= 0.3 is 0 Å². The minimum Gasteiger partial charge on any atom is -0.492 e. The van der Waals surface area contributed by atoms with E-state index in [9.17, 15) is 4.79 Å². The SMILES string of the molecule is O=C(NCCOc1ccccc1)c1n[nH]c(C2CC2)c1Br. The van der Waals surface area contributed by atoms with Gasteiger partial charge in [-0.3, -0.25) is 9.89 Å². The molecule has 1 aromatic carbocycles. The molecule has 1 aliphatic carbocycles. The maximum Gasteiger partial charge on any atom is 0.273 e. The molecule has 2 aromatic rings. The fourth-order valence-corrected chi connectivity index (χ4v) is 2.75. The zero-order chi connectivity index (χ0) is 14.7. The normalized spacial score (nSPS) is 14.0. The lowest BCUT2D eigenvalue weighted by molar-refractivity contribution is 0.0941. The number of ether oxygens (including phenoxy) is 1. The Balaban J connectivity index is 1.48. The van der Waals surface area contributed by atoms with Gasteiger partial charge in [0.05, 0.1) is 16.7 Å². The number of para-hydroxylation sites is 1. The van der Waals surface area contributed by atoms with Gasteiger partial charge in [0.25, 0.3) is 5.91 Å². The maximum atomic E-state index is 12.1. The smallest absolute Gasteiger partial charge is 0.273 e. The molecule has 21 heavy (non-hydrogen) atoms. The van der Waals surface area contributed by atoms with Gasteiger partial charge in [-0.25, -0.2) is 0 Å². The number of benzene rings is 1. The van der Waals surface area contributed by atoms with E-state index in [1.165, 1.54) is 0 Å². The summed E-state index contributed by atoms with van der Waals surface area (Å²) in [4.78, 5) is 12.1. The van der Waals surface area contributed by atoms with E-state index in [1.54, 1.807) is 0 Å². The van der Waals surface area contributed by atoms with Gasteiger partial charge in [0.2, 0.25) is 0 Å². The Morgan fingerprint density at radius 3 is 2.86 bits per heavy atom. The Morgan fingerprint density at radius 1 is 1.38 bits per heavy atom. The van der Waals surface area contributed by atoms with E-state index in [0.29, 0.717) is 24.8 Å². The lowest BCUT2D eigenvalue weighted by atomic mass is 10.2. The number of aromatic nitrogens is 2. The summed E-state index contributed by atoms with van der Waals surface area (Å²) >= 11 is 3.45. The van der Waals surface area contributed by atoms with Gasteiger partial charge in [-0.15, -0.1) is 0 Å². The van der Waals surface area contributed by atoms with Crippen LogP contribution in [0.1, 0.15) is 34.9 Å². The van der Waals surface area contributed by atoms with Crippen molar-refractivity contribution in [1.82, 2.24) is 15.5 Å². The van der Waals surface area contributed by atoms with Crippen LogP contribution in [0.25, 0.3) is 0 Å². The summed E-state index contributed by atoms with van der Waals surface area (Å²) in [6, 6.07) is 9.52. The zero-order valence-corrected chi connectivity index (χ0v) is 13.0. The predicted molar refractivity (Wildman–Crippen MR) is 82.5 cm³/mol. The first-order valence-electron chi connectivity index (χ1n) is 6.95. The number of nitrogens with zero attached hydrogens (tertiary/aromatic N) is 1. The molecule has 1 fully saturated rings. The first-order chi connectivity index (χ1) is 10.3. The van der Waals surface area contributed by atoms with Crippen molar-refractivity contribution in [3.8, 4) is 5.75 Å². The fourth-order valence-electron chi connectivity index (χ4n) is 2.07. The number of aromatic amines is 1. The molecule has 3 rings (SSSR count). The predicted octanol–water partition coefficient (Wildman–Crippen LogP) is 2.86. The topological polar surface area (TPSA) is 67.0 Å².